The highest BCUT2D eigenvalue weighted by molar-refractivity contribution is 7.18. The molecule has 1 saturated carbocycles. The number of hydrogen-bond acceptors (Lipinski definition) is 6. The summed E-state index contributed by atoms with van der Waals surface area (Å²) in [5, 5.41) is 3.91. The van der Waals surface area contributed by atoms with Gasteiger partial charge < -0.3 is 21.7 Å². The van der Waals surface area contributed by atoms with Crippen LogP contribution in [-0.2, 0) is 0 Å². The molecule has 1 aliphatic heterocycles. The lowest BCUT2D eigenvalue weighted by Crippen LogP contribution is -2.36. The van der Waals surface area contributed by atoms with E-state index in [9.17, 15) is 4.79 Å². The van der Waals surface area contributed by atoms with E-state index in [0.717, 1.165) is 37.5 Å². The molecule has 1 saturated heterocycles. The van der Waals surface area contributed by atoms with Crippen LogP contribution in [0.15, 0.2) is 0 Å². The predicted molar refractivity (Wildman–Crippen MR) is 85.7 cm³/mol. The smallest absolute Gasteiger partial charge is 0.265 e. The van der Waals surface area contributed by atoms with Crippen LogP contribution in [0.2, 0.25) is 0 Å². The number of anilines is 2. The first-order valence-electron chi connectivity index (χ1n) is 7.71. The van der Waals surface area contributed by atoms with Crippen molar-refractivity contribution >= 4 is 28.2 Å². The molecule has 21 heavy (non-hydrogen) atoms. The van der Waals surface area contributed by atoms with E-state index in [0.29, 0.717) is 10.7 Å². The Labute approximate surface area is 128 Å². The third kappa shape index (κ3) is 3.29. The average molecular weight is 309 g/mol. The SMILES string of the molecule is Nc1nc(N2CCC(N)C2)sc1C(=O)NC1CCCCC1. The van der Waals surface area contributed by atoms with Gasteiger partial charge in [0.05, 0.1) is 0 Å². The third-order valence-electron chi connectivity index (χ3n) is 4.28. The largest absolute Gasteiger partial charge is 0.382 e. The number of nitrogens with zero attached hydrogens (tertiary/aromatic N) is 2. The first-order valence-corrected chi connectivity index (χ1v) is 8.53. The second-order valence-corrected chi connectivity index (χ2v) is 6.99. The molecule has 0 spiro atoms. The van der Waals surface area contributed by atoms with E-state index in [2.05, 4.69) is 15.2 Å². The molecule has 2 fully saturated rings. The Bertz CT molecular complexity index is 511. The minimum absolute atomic E-state index is 0.0772. The Morgan fingerprint density at radius 2 is 2.05 bits per heavy atom. The van der Waals surface area contributed by atoms with Gasteiger partial charge in [-0.3, -0.25) is 4.79 Å². The molecular formula is C14H23N5OS. The summed E-state index contributed by atoms with van der Waals surface area (Å²) in [5.74, 6) is 0.260. The Balaban J connectivity index is 1.67. The molecule has 1 amide bonds. The second kappa shape index (κ2) is 6.19. The van der Waals surface area contributed by atoms with Gasteiger partial charge in [-0.15, -0.1) is 0 Å². The molecule has 116 valence electrons. The van der Waals surface area contributed by atoms with Crippen LogP contribution in [0.3, 0.4) is 0 Å². The molecule has 6 nitrogen and oxygen atoms in total. The highest BCUT2D eigenvalue weighted by atomic mass is 32.1. The van der Waals surface area contributed by atoms with Crippen LogP contribution in [-0.4, -0.2) is 36.1 Å². The van der Waals surface area contributed by atoms with E-state index in [1.807, 2.05) is 0 Å². The molecule has 1 aromatic heterocycles. The van der Waals surface area contributed by atoms with Crippen molar-refractivity contribution in [1.29, 1.82) is 0 Å². The predicted octanol–water partition coefficient (Wildman–Crippen LogP) is 1.33. The number of thiazole rings is 1. The number of rotatable bonds is 3. The zero-order chi connectivity index (χ0) is 14.8. The summed E-state index contributed by atoms with van der Waals surface area (Å²) in [6.07, 6.45) is 6.76. The fraction of sp³-hybridized carbons (Fsp3) is 0.714. The van der Waals surface area contributed by atoms with Gasteiger partial charge in [-0.1, -0.05) is 30.6 Å². The standard InChI is InChI=1S/C14H23N5OS/c15-9-6-7-19(8-9)14-18-12(16)11(21-14)13(20)17-10-4-2-1-3-5-10/h9-10H,1-8,15-16H2,(H,17,20). The number of aromatic nitrogens is 1. The van der Waals surface area contributed by atoms with Crippen molar-refractivity contribution in [2.24, 2.45) is 5.73 Å². The van der Waals surface area contributed by atoms with Gasteiger partial charge in [0.15, 0.2) is 5.13 Å². The van der Waals surface area contributed by atoms with Crippen LogP contribution in [0.5, 0.6) is 0 Å². The number of amides is 1. The van der Waals surface area contributed by atoms with Crippen LogP contribution in [0.25, 0.3) is 0 Å². The van der Waals surface area contributed by atoms with Crippen LogP contribution in [0.4, 0.5) is 10.9 Å². The molecule has 1 atom stereocenters. The molecule has 1 aliphatic carbocycles. The topological polar surface area (TPSA) is 97.3 Å². The molecule has 2 heterocycles. The van der Waals surface area contributed by atoms with Crippen LogP contribution >= 0.6 is 11.3 Å². The Hall–Kier alpha value is -1.34. The third-order valence-corrected chi connectivity index (χ3v) is 5.41. The zero-order valence-corrected chi connectivity index (χ0v) is 13.0. The molecule has 5 N–H and O–H groups in total. The molecule has 0 bridgehead atoms. The minimum atomic E-state index is -0.0772. The molecule has 1 aromatic rings. The van der Waals surface area contributed by atoms with E-state index < -0.39 is 0 Å². The molecule has 3 rings (SSSR count). The van der Waals surface area contributed by atoms with Crippen molar-refractivity contribution in [3.8, 4) is 0 Å². The Morgan fingerprint density at radius 3 is 2.71 bits per heavy atom. The number of carbonyl (C=O) groups excluding carboxylic acids is 1. The van der Waals surface area contributed by atoms with Gasteiger partial charge in [-0.25, -0.2) is 4.98 Å². The Kier molecular flexibility index (Phi) is 4.30. The summed E-state index contributed by atoms with van der Waals surface area (Å²) >= 11 is 1.38. The van der Waals surface area contributed by atoms with Crippen LogP contribution < -0.4 is 21.7 Å². The quantitative estimate of drug-likeness (QED) is 0.782. The zero-order valence-electron chi connectivity index (χ0n) is 12.2. The van der Waals surface area contributed by atoms with Crippen molar-refractivity contribution in [3.63, 3.8) is 0 Å². The highest BCUT2D eigenvalue weighted by Crippen LogP contribution is 2.30. The lowest BCUT2D eigenvalue weighted by Gasteiger charge is -2.22. The van der Waals surface area contributed by atoms with Gasteiger partial charge >= 0.3 is 0 Å². The fourth-order valence-corrected chi connectivity index (χ4v) is 4.00. The lowest BCUT2D eigenvalue weighted by atomic mass is 9.95. The summed E-state index contributed by atoms with van der Waals surface area (Å²) in [6.45, 7) is 1.68. The van der Waals surface area contributed by atoms with E-state index in [1.54, 1.807) is 0 Å². The number of hydrogen-bond donors (Lipinski definition) is 3. The normalized spacial score (nSPS) is 23.5. The van der Waals surface area contributed by atoms with Crippen LogP contribution in [0, 0.1) is 0 Å². The summed E-state index contributed by atoms with van der Waals surface area (Å²) in [6, 6.07) is 0.478. The van der Waals surface area contributed by atoms with Crippen molar-refractivity contribution < 1.29 is 4.79 Å². The molecule has 2 aliphatic rings. The minimum Gasteiger partial charge on any atom is -0.382 e. The fourth-order valence-electron chi connectivity index (χ4n) is 3.08. The van der Waals surface area contributed by atoms with Gasteiger partial charge in [-0.2, -0.15) is 0 Å². The van der Waals surface area contributed by atoms with E-state index in [-0.39, 0.29) is 18.0 Å². The summed E-state index contributed by atoms with van der Waals surface area (Å²) in [7, 11) is 0. The van der Waals surface area contributed by atoms with Crippen molar-refractivity contribution in [1.82, 2.24) is 10.3 Å². The van der Waals surface area contributed by atoms with Gasteiger partial charge in [0, 0.05) is 25.2 Å². The number of nitrogen functional groups attached to an aromatic ring is 1. The molecule has 0 radical (unpaired) electrons. The summed E-state index contributed by atoms with van der Waals surface area (Å²) < 4.78 is 0. The molecular weight excluding hydrogens is 286 g/mol. The van der Waals surface area contributed by atoms with E-state index >= 15 is 0 Å². The second-order valence-electron chi connectivity index (χ2n) is 6.01. The number of nitrogens with two attached hydrogens (primary N) is 2. The molecule has 0 aromatic carbocycles. The van der Waals surface area contributed by atoms with Crippen LogP contribution in [0.1, 0.15) is 48.2 Å². The van der Waals surface area contributed by atoms with Crippen molar-refractivity contribution in [2.45, 2.75) is 50.6 Å². The maximum absolute atomic E-state index is 12.4. The van der Waals surface area contributed by atoms with Crippen molar-refractivity contribution in [3.05, 3.63) is 4.88 Å². The van der Waals surface area contributed by atoms with Gasteiger partial charge in [0.1, 0.15) is 10.7 Å². The first-order chi connectivity index (χ1) is 10.1. The molecule has 1 unspecified atom stereocenters. The maximum atomic E-state index is 12.4. The van der Waals surface area contributed by atoms with Gasteiger partial charge in [0.25, 0.3) is 5.91 Å². The summed E-state index contributed by atoms with van der Waals surface area (Å²) in [4.78, 5) is 19.4. The van der Waals surface area contributed by atoms with Gasteiger partial charge in [0.2, 0.25) is 0 Å². The highest BCUT2D eigenvalue weighted by Gasteiger charge is 2.26. The number of carbonyl (C=O) groups is 1. The number of nitrogens with one attached hydrogen (secondary N) is 1. The first kappa shape index (κ1) is 14.6. The average Bonchev–Trinajstić information content (AvgIpc) is 3.06. The molecule has 7 heteroatoms. The summed E-state index contributed by atoms with van der Waals surface area (Å²) in [5.41, 5.74) is 11.8. The maximum Gasteiger partial charge on any atom is 0.265 e. The Morgan fingerprint density at radius 1 is 1.29 bits per heavy atom. The van der Waals surface area contributed by atoms with Crippen molar-refractivity contribution in [2.75, 3.05) is 23.7 Å². The monoisotopic (exact) mass is 309 g/mol. The van der Waals surface area contributed by atoms with Gasteiger partial charge in [-0.05, 0) is 19.3 Å². The van der Waals surface area contributed by atoms with E-state index in [1.165, 1.54) is 30.6 Å². The van der Waals surface area contributed by atoms with E-state index in [4.69, 9.17) is 11.5 Å². The lowest BCUT2D eigenvalue weighted by molar-refractivity contribution is 0.0932.